The van der Waals surface area contributed by atoms with Crippen LogP contribution in [0.15, 0.2) is 35.6 Å². The van der Waals surface area contributed by atoms with Crippen molar-refractivity contribution in [2.24, 2.45) is 0 Å². The number of hydrogen-bond donors (Lipinski definition) is 1. The molecule has 0 spiro atoms. The number of piperazine rings is 1. The second kappa shape index (κ2) is 6.62. The number of rotatable bonds is 3. The van der Waals surface area contributed by atoms with E-state index >= 15 is 0 Å². The van der Waals surface area contributed by atoms with Crippen LogP contribution >= 0.6 is 0 Å². The van der Waals surface area contributed by atoms with Gasteiger partial charge in [0, 0.05) is 43.8 Å². The Balaban J connectivity index is 1.55. The fourth-order valence-electron chi connectivity index (χ4n) is 3.00. The first-order valence-electron chi connectivity index (χ1n) is 8.06. The number of nitrogens with zero attached hydrogens (tertiary/aromatic N) is 6. The van der Waals surface area contributed by atoms with Gasteiger partial charge >= 0.3 is 0 Å². The van der Waals surface area contributed by atoms with E-state index in [0.29, 0.717) is 26.2 Å². The monoisotopic (exact) mass is 359 g/mol. The summed E-state index contributed by atoms with van der Waals surface area (Å²) in [5.41, 5.74) is -0.335. The second-order valence-corrected chi connectivity index (χ2v) is 5.86. The molecule has 0 aromatic carbocycles. The van der Waals surface area contributed by atoms with E-state index in [0.717, 1.165) is 22.8 Å². The average molecular weight is 359 g/mol. The van der Waals surface area contributed by atoms with Crippen LogP contribution in [0.25, 0.3) is 10.9 Å². The van der Waals surface area contributed by atoms with E-state index in [2.05, 4.69) is 29.8 Å². The summed E-state index contributed by atoms with van der Waals surface area (Å²) in [5, 5.41) is 0.905. The van der Waals surface area contributed by atoms with Gasteiger partial charge in [0.05, 0.1) is 11.7 Å². The molecule has 4 heterocycles. The molecule has 1 N–H and O–H groups in total. The van der Waals surface area contributed by atoms with Gasteiger partial charge in [-0.3, -0.25) is 14.8 Å². The SMILES string of the molecule is O=c1cc(C(F)F)nc(N2CCN(c3ncnc4cnccc34)CC2)[nH]1. The largest absolute Gasteiger partial charge is 0.352 e. The Morgan fingerprint density at radius 2 is 1.88 bits per heavy atom. The Hall–Kier alpha value is -3.17. The van der Waals surface area contributed by atoms with Crippen molar-refractivity contribution in [3.05, 3.63) is 46.9 Å². The Bertz CT molecular complexity index is 980. The summed E-state index contributed by atoms with van der Waals surface area (Å²) in [4.78, 5) is 34.5. The number of fused-ring (bicyclic) bond motifs is 1. The van der Waals surface area contributed by atoms with Gasteiger partial charge < -0.3 is 9.80 Å². The number of pyridine rings is 1. The molecule has 10 heteroatoms. The van der Waals surface area contributed by atoms with Gasteiger partial charge in [-0.2, -0.15) is 0 Å². The van der Waals surface area contributed by atoms with E-state index in [1.807, 2.05) is 6.07 Å². The van der Waals surface area contributed by atoms with Crippen LogP contribution in [0.1, 0.15) is 12.1 Å². The lowest BCUT2D eigenvalue weighted by atomic mass is 10.2. The fourth-order valence-corrected chi connectivity index (χ4v) is 3.00. The fraction of sp³-hybridized carbons (Fsp3) is 0.312. The number of halogens is 2. The van der Waals surface area contributed by atoms with Crippen LogP contribution in [-0.2, 0) is 0 Å². The van der Waals surface area contributed by atoms with Gasteiger partial charge in [0.1, 0.15) is 17.8 Å². The van der Waals surface area contributed by atoms with Gasteiger partial charge in [0.25, 0.3) is 12.0 Å². The highest BCUT2D eigenvalue weighted by atomic mass is 19.3. The summed E-state index contributed by atoms with van der Waals surface area (Å²) in [6.07, 6.45) is 2.09. The molecule has 1 aliphatic heterocycles. The molecule has 1 aliphatic rings. The van der Waals surface area contributed by atoms with E-state index in [4.69, 9.17) is 0 Å². The number of alkyl halides is 2. The zero-order valence-corrected chi connectivity index (χ0v) is 13.6. The molecule has 1 saturated heterocycles. The molecule has 134 valence electrons. The molecule has 0 unspecified atom stereocenters. The van der Waals surface area contributed by atoms with Gasteiger partial charge in [-0.1, -0.05) is 0 Å². The Kier molecular flexibility index (Phi) is 4.15. The first-order chi connectivity index (χ1) is 12.6. The highest BCUT2D eigenvalue weighted by molar-refractivity contribution is 5.88. The first kappa shape index (κ1) is 16.3. The number of aromatic amines is 1. The van der Waals surface area contributed by atoms with Crippen LogP contribution in [0.4, 0.5) is 20.5 Å². The van der Waals surface area contributed by atoms with Crippen LogP contribution in [0, 0.1) is 0 Å². The third-order valence-electron chi connectivity index (χ3n) is 4.27. The third-order valence-corrected chi connectivity index (χ3v) is 4.27. The van der Waals surface area contributed by atoms with Gasteiger partial charge in [-0.25, -0.2) is 23.7 Å². The summed E-state index contributed by atoms with van der Waals surface area (Å²) in [6.45, 7) is 2.26. The maximum Gasteiger partial charge on any atom is 0.280 e. The van der Waals surface area contributed by atoms with Crippen molar-refractivity contribution in [3.8, 4) is 0 Å². The van der Waals surface area contributed by atoms with E-state index in [-0.39, 0.29) is 5.95 Å². The zero-order chi connectivity index (χ0) is 18.1. The van der Waals surface area contributed by atoms with Crippen LogP contribution in [0.5, 0.6) is 0 Å². The summed E-state index contributed by atoms with van der Waals surface area (Å²) >= 11 is 0. The minimum absolute atomic E-state index is 0.171. The minimum atomic E-state index is -2.78. The summed E-state index contributed by atoms with van der Waals surface area (Å²) in [5.74, 6) is 0.976. The molecule has 0 aliphatic carbocycles. The predicted octanol–water partition coefficient (Wildman–Crippen LogP) is 1.37. The summed E-state index contributed by atoms with van der Waals surface area (Å²) in [6, 6.07) is 2.69. The van der Waals surface area contributed by atoms with Crippen molar-refractivity contribution in [1.29, 1.82) is 0 Å². The summed E-state index contributed by atoms with van der Waals surface area (Å²) in [7, 11) is 0. The van der Waals surface area contributed by atoms with Crippen LogP contribution in [0.2, 0.25) is 0 Å². The molecule has 0 saturated carbocycles. The molecule has 0 bridgehead atoms. The topological polar surface area (TPSA) is 90.9 Å². The standard InChI is InChI=1S/C16H15F2N7O/c17-14(18)11-7-13(26)23-16(22-11)25-5-3-24(4-6-25)15-10-1-2-19-8-12(10)20-9-21-15/h1-2,7-9,14H,3-6H2,(H,22,23,26). The smallest absolute Gasteiger partial charge is 0.280 e. The lowest BCUT2D eigenvalue weighted by Crippen LogP contribution is -2.48. The molecule has 8 nitrogen and oxygen atoms in total. The highest BCUT2D eigenvalue weighted by Crippen LogP contribution is 2.24. The highest BCUT2D eigenvalue weighted by Gasteiger charge is 2.22. The third kappa shape index (κ3) is 3.05. The number of anilines is 2. The van der Waals surface area contributed by atoms with Gasteiger partial charge in [0.15, 0.2) is 0 Å². The molecule has 0 amide bonds. The van der Waals surface area contributed by atoms with E-state index in [1.54, 1.807) is 17.3 Å². The molecular formula is C16H15F2N7O. The van der Waals surface area contributed by atoms with Gasteiger partial charge in [-0.15, -0.1) is 0 Å². The van der Waals surface area contributed by atoms with Crippen LogP contribution < -0.4 is 15.4 Å². The lowest BCUT2D eigenvalue weighted by Gasteiger charge is -2.36. The van der Waals surface area contributed by atoms with Gasteiger partial charge in [0.2, 0.25) is 5.95 Å². The number of H-pyrrole nitrogens is 1. The summed E-state index contributed by atoms with van der Waals surface area (Å²) < 4.78 is 25.7. The van der Waals surface area contributed by atoms with E-state index < -0.39 is 17.7 Å². The van der Waals surface area contributed by atoms with Crippen molar-refractivity contribution in [1.82, 2.24) is 24.9 Å². The molecule has 1 fully saturated rings. The molecule has 3 aromatic rings. The predicted molar refractivity (Wildman–Crippen MR) is 91.6 cm³/mol. The number of hydrogen-bond acceptors (Lipinski definition) is 7. The molecule has 0 atom stereocenters. The van der Waals surface area contributed by atoms with Crippen LogP contribution in [-0.4, -0.2) is 51.1 Å². The zero-order valence-electron chi connectivity index (χ0n) is 13.6. The first-order valence-corrected chi connectivity index (χ1v) is 8.06. The quantitative estimate of drug-likeness (QED) is 0.755. The maximum atomic E-state index is 12.9. The molecule has 3 aromatic heterocycles. The average Bonchev–Trinajstić information content (AvgIpc) is 2.67. The van der Waals surface area contributed by atoms with Crippen molar-refractivity contribution >= 4 is 22.7 Å². The Morgan fingerprint density at radius 1 is 1.12 bits per heavy atom. The van der Waals surface area contributed by atoms with Crippen molar-refractivity contribution in [2.45, 2.75) is 6.43 Å². The minimum Gasteiger partial charge on any atom is -0.352 e. The van der Waals surface area contributed by atoms with E-state index in [9.17, 15) is 13.6 Å². The Morgan fingerprint density at radius 3 is 2.65 bits per heavy atom. The maximum absolute atomic E-state index is 12.9. The Labute approximate surface area is 146 Å². The number of nitrogens with one attached hydrogen (secondary N) is 1. The number of aromatic nitrogens is 5. The van der Waals surface area contributed by atoms with Crippen LogP contribution in [0.3, 0.4) is 0 Å². The normalized spacial score (nSPS) is 15.0. The van der Waals surface area contributed by atoms with Gasteiger partial charge in [-0.05, 0) is 6.07 Å². The second-order valence-electron chi connectivity index (χ2n) is 5.86. The molecule has 0 radical (unpaired) electrons. The lowest BCUT2D eigenvalue weighted by molar-refractivity contribution is 0.146. The molecule has 26 heavy (non-hydrogen) atoms. The van der Waals surface area contributed by atoms with Crippen molar-refractivity contribution in [3.63, 3.8) is 0 Å². The van der Waals surface area contributed by atoms with Crippen molar-refractivity contribution < 1.29 is 8.78 Å². The van der Waals surface area contributed by atoms with Crippen molar-refractivity contribution in [2.75, 3.05) is 36.0 Å². The van der Waals surface area contributed by atoms with E-state index in [1.165, 1.54) is 6.33 Å². The molecule has 4 rings (SSSR count). The molecular weight excluding hydrogens is 344 g/mol.